The summed E-state index contributed by atoms with van der Waals surface area (Å²) in [5.41, 5.74) is 2.19. The fourth-order valence-electron chi connectivity index (χ4n) is 2.60. The molecular weight excluding hydrogens is 328 g/mol. The fourth-order valence-corrected chi connectivity index (χ4v) is 2.60. The van der Waals surface area contributed by atoms with Crippen molar-refractivity contribution in [3.05, 3.63) is 89.5 Å². The number of aromatic hydroxyl groups is 1. The molecular formula is C22H20O4. The van der Waals surface area contributed by atoms with Gasteiger partial charge in [-0.3, -0.25) is 4.79 Å². The van der Waals surface area contributed by atoms with Crippen molar-refractivity contribution in [3.8, 4) is 17.2 Å². The third-order valence-electron chi connectivity index (χ3n) is 4.04. The molecule has 0 radical (unpaired) electrons. The highest BCUT2D eigenvalue weighted by Crippen LogP contribution is 2.26. The molecule has 0 heterocycles. The first-order chi connectivity index (χ1) is 12.7. The summed E-state index contributed by atoms with van der Waals surface area (Å²) in [5.74, 6) is 1.09. The van der Waals surface area contributed by atoms with E-state index in [0.717, 1.165) is 16.9 Å². The number of carbonyl (C=O) groups excluding carboxylic acids is 1. The number of ketones is 1. The molecule has 0 unspecified atom stereocenters. The van der Waals surface area contributed by atoms with Crippen molar-refractivity contribution in [3.63, 3.8) is 0 Å². The minimum atomic E-state index is -0.129. The van der Waals surface area contributed by atoms with Gasteiger partial charge in [-0.15, -0.1) is 0 Å². The van der Waals surface area contributed by atoms with Gasteiger partial charge in [-0.05, 0) is 35.4 Å². The van der Waals surface area contributed by atoms with E-state index in [0.29, 0.717) is 17.9 Å². The second-order valence-electron chi connectivity index (χ2n) is 5.90. The first-order valence-corrected chi connectivity index (χ1v) is 8.31. The molecule has 0 bridgehead atoms. The Labute approximate surface area is 152 Å². The molecule has 0 saturated heterocycles. The highest BCUT2D eigenvalue weighted by molar-refractivity contribution is 6.00. The Bertz CT molecular complexity index is 870. The lowest BCUT2D eigenvalue weighted by Gasteiger charge is -2.09. The maximum atomic E-state index is 12.4. The second-order valence-corrected chi connectivity index (χ2v) is 5.90. The molecule has 0 fully saturated rings. The largest absolute Gasteiger partial charge is 0.507 e. The van der Waals surface area contributed by atoms with Crippen molar-refractivity contribution in [2.45, 2.75) is 13.0 Å². The van der Waals surface area contributed by atoms with Gasteiger partial charge in [-0.1, -0.05) is 42.5 Å². The summed E-state index contributed by atoms with van der Waals surface area (Å²) in [6, 6.07) is 21.8. The number of methoxy groups -OCH3 is 1. The van der Waals surface area contributed by atoms with E-state index >= 15 is 0 Å². The van der Waals surface area contributed by atoms with E-state index in [1.165, 1.54) is 6.07 Å². The van der Waals surface area contributed by atoms with Crippen LogP contribution in [0.1, 0.15) is 21.5 Å². The van der Waals surface area contributed by atoms with E-state index in [1.54, 1.807) is 19.2 Å². The Morgan fingerprint density at radius 2 is 1.58 bits per heavy atom. The van der Waals surface area contributed by atoms with E-state index in [-0.39, 0.29) is 18.0 Å². The molecule has 1 N–H and O–H groups in total. The zero-order valence-corrected chi connectivity index (χ0v) is 14.5. The lowest BCUT2D eigenvalue weighted by Crippen LogP contribution is -2.04. The first kappa shape index (κ1) is 17.5. The number of carbonyl (C=O) groups is 1. The van der Waals surface area contributed by atoms with Crippen molar-refractivity contribution >= 4 is 5.78 Å². The highest BCUT2D eigenvalue weighted by atomic mass is 16.5. The quantitative estimate of drug-likeness (QED) is 0.643. The van der Waals surface area contributed by atoms with Gasteiger partial charge in [0.25, 0.3) is 0 Å². The molecule has 3 aromatic carbocycles. The molecule has 0 saturated carbocycles. The van der Waals surface area contributed by atoms with Crippen LogP contribution in [0.5, 0.6) is 17.2 Å². The number of phenols is 1. The van der Waals surface area contributed by atoms with Crippen LogP contribution in [0, 0.1) is 0 Å². The zero-order chi connectivity index (χ0) is 18.4. The van der Waals surface area contributed by atoms with Crippen LogP contribution in [0.2, 0.25) is 0 Å². The van der Waals surface area contributed by atoms with Gasteiger partial charge in [0.05, 0.1) is 12.7 Å². The van der Waals surface area contributed by atoms with Gasteiger partial charge in [0.15, 0.2) is 5.78 Å². The summed E-state index contributed by atoms with van der Waals surface area (Å²) < 4.78 is 10.8. The maximum Gasteiger partial charge on any atom is 0.170 e. The molecule has 132 valence electrons. The molecule has 0 amide bonds. The molecule has 4 heteroatoms. The SMILES string of the molecule is COc1ccc(COc2ccc(C(=O)Cc3ccccc3)c(O)c2)cc1. The minimum Gasteiger partial charge on any atom is -0.507 e. The molecule has 26 heavy (non-hydrogen) atoms. The number of hydrogen-bond donors (Lipinski definition) is 1. The highest BCUT2D eigenvalue weighted by Gasteiger charge is 2.13. The van der Waals surface area contributed by atoms with Crippen LogP contribution in [0.25, 0.3) is 0 Å². The summed E-state index contributed by atoms with van der Waals surface area (Å²) in [6.45, 7) is 0.362. The normalized spacial score (nSPS) is 10.3. The predicted molar refractivity (Wildman–Crippen MR) is 99.9 cm³/mol. The Morgan fingerprint density at radius 1 is 0.885 bits per heavy atom. The van der Waals surface area contributed by atoms with Crippen LogP contribution < -0.4 is 9.47 Å². The molecule has 4 nitrogen and oxygen atoms in total. The average molecular weight is 348 g/mol. The number of phenolic OH excluding ortho intramolecular Hbond substituents is 1. The number of Topliss-reactive ketones (excluding diaryl/α,β-unsaturated/α-hetero) is 1. The Kier molecular flexibility index (Phi) is 5.54. The summed E-state index contributed by atoms with van der Waals surface area (Å²) in [5, 5.41) is 10.2. The van der Waals surface area contributed by atoms with Crippen molar-refractivity contribution in [1.29, 1.82) is 0 Å². The number of benzene rings is 3. The molecule has 0 aliphatic carbocycles. The Morgan fingerprint density at radius 3 is 2.23 bits per heavy atom. The van der Waals surface area contributed by atoms with Crippen LogP contribution in [0.15, 0.2) is 72.8 Å². The minimum absolute atomic E-state index is 0.0711. The molecule has 0 aliphatic heterocycles. The zero-order valence-electron chi connectivity index (χ0n) is 14.5. The van der Waals surface area contributed by atoms with Crippen LogP contribution in [-0.4, -0.2) is 18.0 Å². The number of hydrogen-bond acceptors (Lipinski definition) is 4. The van der Waals surface area contributed by atoms with Gasteiger partial charge in [-0.2, -0.15) is 0 Å². The number of rotatable bonds is 7. The standard InChI is InChI=1S/C22H20O4/c1-25-18-9-7-17(8-10-18)15-26-19-11-12-20(22(24)14-19)21(23)13-16-5-3-2-4-6-16/h2-12,14,24H,13,15H2,1H3. The van der Waals surface area contributed by atoms with Gasteiger partial charge < -0.3 is 14.6 Å². The molecule has 3 aromatic rings. The smallest absolute Gasteiger partial charge is 0.170 e. The van der Waals surface area contributed by atoms with Crippen molar-refractivity contribution < 1.29 is 19.4 Å². The van der Waals surface area contributed by atoms with Crippen LogP contribution in [0.4, 0.5) is 0 Å². The van der Waals surface area contributed by atoms with Gasteiger partial charge in [0, 0.05) is 12.5 Å². The van der Waals surface area contributed by atoms with Crippen molar-refractivity contribution in [2.75, 3.05) is 7.11 Å². The molecule has 0 spiro atoms. The maximum absolute atomic E-state index is 12.4. The molecule has 0 aliphatic rings. The average Bonchev–Trinajstić information content (AvgIpc) is 2.67. The second kappa shape index (κ2) is 8.21. The van der Waals surface area contributed by atoms with Gasteiger partial charge in [0.2, 0.25) is 0 Å². The summed E-state index contributed by atoms with van der Waals surface area (Å²) >= 11 is 0. The Balaban J connectivity index is 1.64. The van der Waals surface area contributed by atoms with Gasteiger partial charge in [0.1, 0.15) is 23.9 Å². The van der Waals surface area contributed by atoms with E-state index < -0.39 is 0 Å². The van der Waals surface area contributed by atoms with Gasteiger partial charge in [-0.25, -0.2) is 0 Å². The lowest BCUT2D eigenvalue weighted by atomic mass is 10.0. The molecule has 3 rings (SSSR count). The monoisotopic (exact) mass is 348 g/mol. The van der Waals surface area contributed by atoms with Gasteiger partial charge >= 0.3 is 0 Å². The van der Waals surface area contributed by atoms with E-state index in [1.807, 2.05) is 54.6 Å². The number of ether oxygens (including phenoxy) is 2. The predicted octanol–water partition coefficient (Wildman–Crippen LogP) is 4.41. The van der Waals surface area contributed by atoms with Crippen molar-refractivity contribution in [1.82, 2.24) is 0 Å². The third-order valence-corrected chi connectivity index (χ3v) is 4.04. The third kappa shape index (κ3) is 4.42. The summed E-state index contributed by atoms with van der Waals surface area (Å²) in [7, 11) is 1.62. The topological polar surface area (TPSA) is 55.8 Å². The van der Waals surface area contributed by atoms with Crippen LogP contribution >= 0.6 is 0 Å². The van der Waals surface area contributed by atoms with E-state index in [4.69, 9.17) is 9.47 Å². The van der Waals surface area contributed by atoms with Crippen molar-refractivity contribution in [2.24, 2.45) is 0 Å². The lowest BCUT2D eigenvalue weighted by molar-refractivity contribution is 0.0990. The Hall–Kier alpha value is -3.27. The van der Waals surface area contributed by atoms with Crippen LogP contribution in [0.3, 0.4) is 0 Å². The summed E-state index contributed by atoms with van der Waals surface area (Å²) in [6.07, 6.45) is 0.250. The molecule has 0 aromatic heterocycles. The van der Waals surface area contributed by atoms with E-state index in [2.05, 4.69) is 0 Å². The summed E-state index contributed by atoms with van der Waals surface area (Å²) in [4.78, 5) is 12.4. The first-order valence-electron chi connectivity index (χ1n) is 8.31. The van der Waals surface area contributed by atoms with Crippen LogP contribution in [-0.2, 0) is 13.0 Å². The van der Waals surface area contributed by atoms with E-state index in [9.17, 15) is 9.90 Å². The molecule has 0 atom stereocenters. The fraction of sp³-hybridized carbons (Fsp3) is 0.136.